The molecule has 1 unspecified atom stereocenters. The van der Waals surface area contributed by atoms with Gasteiger partial charge in [0.1, 0.15) is 13.2 Å². The molecular formula is C53H94O6. The Bertz CT molecular complexity index is 1040. The van der Waals surface area contributed by atoms with E-state index in [1.165, 1.54) is 116 Å². The molecule has 0 aliphatic rings. The second-order valence-electron chi connectivity index (χ2n) is 16.7. The molecule has 6 heteroatoms. The van der Waals surface area contributed by atoms with Crippen molar-refractivity contribution in [3.8, 4) is 0 Å². The fraction of sp³-hybridized carbons (Fsp3) is 0.792. The van der Waals surface area contributed by atoms with Crippen LogP contribution in [-0.2, 0) is 28.6 Å². The molecule has 342 valence electrons. The normalized spacial score (nSPS) is 12.4. The van der Waals surface area contributed by atoms with Crippen molar-refractivity contribution in [3.63, 3.8) is 0 Å². The monoisotopic (exact) mass is 827 g/mol. The van der Waals surface area contributed by atoms with Crippen LogP contribution in [0.5, 0.6) is 0 Å². The molecule has 0 bridgehead atoms. The molecule has 0 aliphatic carbocycles. The molecule has 0 aromatic heterocycles. The van der Waals surface area contributed by atoms with Gasteiger partial charge in [0.05, 0.1) is 0 Å². The lowest BCUT2D eigenvalue weighted by molar-refractivity contribution is -0.167. The third-order valence-corrected chi connectivity index (χ3v) is 10.8. The van der Waals surface area contributed by atoms with E-state index >= 15 is 0 Å². The number of esters is 3. The molecule has 0 radical (unpaired) electrons. The molecule has 6 nitrogen and oxygen atoms in total. The van der Waals surface area contributed by atoms with E-state index in [2.05, 4.69) is 69.4 Å². The Morgan fingerprint density at radius 1 is 0.356 bits per heavy atom. The smallest absolute Gasteiger partial charge is 0.306 e. The number of carbonyl (C=O) groups is 3. The molecule has 0 N–H and O–H groups in total. The van der Waals surface area contributed by atoms with Crippen molar-refractivity contribution < 1.29 is 28.6 Å². The summed E-state index contributed by atoms with van der Waals surface area (Å²) in [5.74, 6) is -0.891. The maximum Gasteiger partial charge on any atom is 0.306 e. The first-order valence-electron chi connectivity index (χ1n) is 25.1. The van der Waals surface area contributed by atoms with E-state index in [9.17, 15) is 14.4 Å². The third kappa shape index (κ3) is 46.3. The number of unbranched alkanes of at least 4 members (excludes halogenated alkanes) is 26. The number of carbonyl (C=O) groups excluding carboxylic acids is 3. The predicted octanol–water partition coefficient (Wildman–Crippen LogP) is 16.3. The molecule has 0 rings (SSSR count). The summed E-state index contributed by atoms with van der Waals surface area (Å²) in [6, 6.07) is 0. The zero-order valence-electron chi connectivity index (χ0n) is 39.0. The Balaban J connectivity index is 4.30. The zero-order valence-corrected chi connectivity index (χ0v) is 39.0. The van der Waals surface area contributed by atoms with Gasteiger partial charge in [-0.15, -0.1) is 0 Å². The number of hydrogen-bond acceptors (Lipinski definition) is 6. The van der Waals surface area contributed by atoms with Gasteiger partial charge >= 0.3 is 17.9 Å². The average Bonchev–Trinajstić information content (AvgIpc) is 3.23. The van der Waals surface area contributed by atoms with E-state index in [1.807, 2.05) is 0 Å². The molecule has 0 aromatic carbocycles. The molecule has 0 amide bonds. The van der Waals surface area contributed by atoms with Crippen molar-refractivity contribution >= 4 is 17.9 Å². The van der Waals surface area contributed by atoms with Gasteiger partial charge in [-0.1, -0.05) is 211 Å². The lowest BCUT2D eigenvalue weighted by Crippen LogP contribution is -2.30. The summed E-state index contributed by atoms with van der Waals surface area (Å²) in [7, 11) is 0. The molecule has 0 aromatic rings. The highest BCUT2D eigenvalue weighted by Gasteiger charge is 2.19. The Labute approximate surface area is 365 Å². The first-order chi connectivity index (χ1) is 29.0. The van der Waals surface area contributed by atoms with Crippen molar-refractivity contribution in [2.24, 2.45) is 0 Å². The van der Waals surface area contributed by atoms with Gasteiger partial charge in [0, 0.05) is 19.3 Å². The summed E-state index contributed by atoms with van der Waals surface area (Å²) in [6.07, 6.45) is 56.7. The lowest BCUT2D eigenvalue weighted by atomic mass is 10.0. The molecule has 0 aliphatic heterocycles. The lowest BCUT2D eigenvalue weighted by Gasteiger charge is -2.18. The van der Waals surface area contributed by atoms with E-state index in [-0.39, 0.29) is 31.1 Å². The van der Waals surface area contributed by atoms with E-state index < -0.39 is 6.10 Å². The van der Waals surface area contributed by atoms with E-state index in [0.29, 0.717) is 19.3 Å². The predicted molar refractivity (Wildman–Crippen MR) is 252 cm³/mol. The Kier molecular flexibility index (Phi) is 45.9. The SMILES string of the molecule is CC/C=C\C/C=C\C/C=C\CCCCCCCCCCCC(=O)OCC(COC(=O)CCCCCC/C=C\CCCC)OC(=O)CCCCCCCCCCCCCC. The average molecular weight is 827 g/mol. The van der Waals surface area contributed by atoms with Gasteiger partial charge in [-0.05, 0) is 70.6 Å². The quantitative estimate of drug-likeness (QED) is 0.0263. The Morgan fingerprint density at radius 3 is 1.10 bits per heavy atom. The zero-order chi connectivity index (χ0) is 43.0. The highest BCUT2D eigenvalue weighted by molar-refractivity contribution is 5.71. The van der Waals surface area contributed by atoms with Gasteiger partial charge in [0.25, 0.3) is 0 Å². The van der Waals surface area contributed by atoms with Crippen molar-refractivity contribution in [1.29, 1.82) is 0 Å². The van der Waals surface area contributed by atoms with Gasteiger partial charge in [-0.25, -0.2) is 0 Å². The van der Waals surface area contributed by atoms with Gasteiger partial charge in [0.2, 0.25) is 0 Å². The van der Waals surface area contributed by atoms with Gasteiger partial charge in [0.15, 0.2) is 6.10 Å². The minimum atomic E-state index is -0.775. The molecular weight excluding hydrogens is 733 g/mol. The van der Waals surface area contributed by atoms with E-state index in [4.69, 9.17) is 14.2 Å². The summed E-state index contributed by atoms with van der Waals surface area (Å²) in [5, 5.41) is 0. The topological polar surface area (TPSA) is 78.9 Å². The van der Waals surface area contributed by atoms with Crippen LogP contribution in [0.4, 0.5) is 0 Å². The van der Waals surface area contributed by atoms with Crippen LogP contribution in [0.1, 0.15) is 252 Å². The van der Waals surface area contributed by atoms with Crippen LogP contribution in [0, 0.1) is 0 Å². The van der Waals surface area contributed by atoms with Gasteiger partial charge in [-0.3, -0.25) is 14.4 Å². The van der Waals surface area contributed by atoms with Crippen molar-refractivity contribution in [3.05, 3.63) is 48.6 Å². The van der Waals surface area contributed by atoms with Crippen molar-refractivity contribution in [1.82, 2.24) is 0 Å². The maximum atomic E-state index is 12.7. The van der Waals surface area contributed by atoms with Crippen LogP contribution < -0.4 is 0 Å². The fourth-order valence-electron chi connectivity index (χ4n) is 7.03. The van der Waals surface area contributed by atoms with Gasteiger partial charge in [-0.2, -0.15) is 0 Å². The van der Waals surface area contributed by atoms with E-state index in [1.54, 1.807) is 0 Å². The number of allylic oxidation sites excluding steroid dienone is 8. The van der Waals surface area contributed by atoms with Crippen molar-refractivity contribution in [2.45, 2.75) is 258 Å². The number of rotatable bonds is 45. The summed E-state index contributed by atoms with van der Waals surface area (Å²) in [4.78, 5) is 37.8. The standard InChI is InChI=1S/C53H94O6/c1-4-7-10-13-16-19-22-24-25-26-27-28-29-30-32-34-37-40-43-46-52(55)58-49-50(48-57-51(54)45-42-39-36-33-21-18-15-12-9-6-3)59-53(56)47-44-41-38-35-31-23-20-17-14-11-8-5-2/h7,10,15-16,18-19,24-25,50H,4-6,8-9,11-14,17,20-23,26-49H2,1-3H3/b10-7-,18-15-,19-16-,25-24-. The van der Waals surface area contributed by atoms with Gasteiger partial charge < -0.3 is 14.2 Å². The fourth-order valence-corrected chi connectivity index (χ4v) is 7.03. The van der Waals surface area contributed by atoms with Crippen molar-refractivity contribution in [2.75, 3.05) is 13.2 Å². The highest BCUT2D eigenvalue weighted by Crippen LogP contribution is 2.15. The summed E-state index contributed by atoms with van der Waals surface area (Å²) >= 11 is 0. The van der Waals surface area contributed by atoms with Crippen LogP contribution in [0.15, 0.2) is 48.6 Å². The molecule has 0 heterocycles. The number of ether oxygens (including phenoxy) is 3. The minimum Gasteiger partial charge on any atom is -0.462 e. The largest absolute Gasteiger partial charge is 0.462 e. The van der Waals surface area contributed by atoms with Crippen LogP contribution in [0.25, 0.3) is 0 Å². The first kappa shape index (κ1) is 56.4. The van der Waals surface area contributed by atoms with Crippen LogP contribution in [-0.4, -0.2) is 37.2 Å². The second kappa shape index (κ2) is 48.0. The minimum absolute atomic E-state index is 0.0775. The first-order valence-corrected chi connectivity index (χ1v) is 25.1. The van der Waals surface area contributed by atoms with Crippen LogP contribution in [0.3, 0.4) is 0 Å². The summed E-state index contributed by atoms with van der Waals surface area (Å²) in [5.41, 5.74) is 0. The molecule has 0 saturated heterocycles. The second-order valence-corrected chi connectivity index (χ2v) is 16.7. The molecule has 0 fully saturated rings. The Hall–Kier alpha value is -2.63. The molecule has 0 spiro atoms. The molecule has 0 saturated carbocycles. The van der Waals surface area contributed by atoms with Crippen LogP contribution >= 0.6 is 0 Å². The summed E-state index contributed by atoms with van der Waals surface area (Å²) < 4.78 is 16.7. The number of hydrogen-bond donors (Lipinski definition) is 0. The molecule has 1 atom stereocenters. The highest BCUT2D eigenvalue weighted by atomic mass is 16.6. The third-order valence-electron chi connectivity index (χ3n) is 10.8. The van der Waals surface area contributed by atoms with E-state index in [0.717, 1.165) is 96.3 Å². The van der Waals surface area contributed by atoms with Crippen LogP contribution in [0.2, 0.25) is 0 Å². The Morgan fingerprint density at radius 2 is 0.678 bits per heavy atom. The molecule has 59 heavy (non-hydrogen) atoms. The maximum absolute atomic E-state index is 12.7. The summed E-state index contributed by atoms with van der Waals surface area (Å²) in [6.45, 7) is 6.47.